The number of carbonyl (C=O) groups is 2. The van der Waals surface area contributed by atoms with Crippen LogP contribution in [-0.2, 0) is 17.8 Å². The van der Waals surface area contributed by atoms with Crippen LogP contribution in [0.2, 0.25) is 0 Å². The van der Waals surface area contributed by atoms with Crippen LogP contribution in [0.3, 0.4) is 0 Å². The van der Waals surface area contributed by atoms with E-state index in [1.807, 2.05) is 52.8 Å². The van der Waals surface area contributed by atoms with Crippen molar-refractivity contribution in [2.75, 3.05) is 6.54 Å². The molecular formula is C27H31N3O2S. The smallest absolute Gasteiger partial charge is 0.271 e. The lowest BCUT2D eigenvalue weighted by atomic mass is 9.91. The van der Waals surface area contributed by atoms with Crippen molar-refractivity contribution in [2.45, 2.75) is 63.6 Å². The maximum atomic E-state index is 13.8. The van der Waals surface area contributed by atoms with Crippen LogP contribution in [0, 0.1) is 0 Å². The largest absolute Gasteiger partial charge is 0.351 e. The van der Waals surface area contributed by atoms with Crippen molar-refractivity contribution >= 4 is 23.2 Å². The van der Waals surface area contributed by atoms with Crippen LogP contribution in [-0.4, -0.2) is 39.4 Å². The van der Waals surface area contributed by atoms with Crippen molar-refractivity contribution in [3.8, 4) is 11.3 Å². The maximum absolute atomic E-state index is 13.8. The van der Waals surface area contributed by atoms with Crippen LogP contribution in [0.5, 0.6) is 0 Å². The molecule has 2 aromatic heterocycles. The van der Waals surface area contributed by atoms with Crippen molar-refractivity contribution < 1.29 is 9.59 Å². The van der Waals surface area contributed by atoms with E-state index >= 15 is 0 Å². The molecular weight excluding hydrogens is 430 g/mol. The third-order valence-electron chi connectivity index (χ3n) is 7.17. The van der Waals surface area contributed by atoms with Gasteiger partial charge in [0.25, 0.3) is 5.91 Å². The highest BCUT2D eigenvalue weighted by Crippen LogP contribution is 2.34. The summed E-state index contributed by atoms with van der Waals surface area (Å²) >= 11 is 1.69. The van der Waals surface area contributed by atoms with Crippen LogP contribution < -0.4 is 5.32 Å². The van der Waals surface area contributed by atoms with Gasteiger partial charge in [0.1, 0.15) is 11.2 Å². The van der Waals surface area contributed by atoms with E-state index in [0.29, 0.717) is 18.8 Å². The summed E-state index contributed by atoms with van der Waals surface area (Å²) in [5.41, 5.74) is 1.75. The molecule has 0 bridgehead atoms. The minimum absolute atomic E-state index is 0.0349. The molecule has 1 aromatic carbocycles. The summed E-state index contributed by atoms with van der Waals surface area (Å²) in [6.07, 6.45) is 6.35. The van der Waals surface area contributed by atoms with Gasteiger partial charge in [-0.25, -0.2) is 0 Å². The van der Waals surface area contributed by atoms with Crippen molar-refractivity contribution in [2.24, 2.45) is 0 Å². The molecule has 33 heavy (non-hydrogen) atoms. The first-order valence-electron chi connectivity index (χ1n) is 12.0. The van der Waals surface area contributed by atoms with Gasteiger partial charge >= 0.3 is 0 Å². The minimum Gasteiger partial charge on any atom is -0.351 e. The Hall–Kier alpha value is -2.86. The van der Waals surface area contributed by atoms with E-state index in [2.05, 4.69) is 28.9 Å². The van der Waals surface area contributed by atoms with Gasteiger partial charge in [-0.05, 0) is 55.3 Å². The molecule has 5 nitrogen and oxygen atoms in total. The Morgan fingerprint density at radius 3 is 2.52 bits per heavy atom. The van der Waals surface area contributed by atoms with Gasteiger partial charge in [-0.15, -0.1) is 11.3 Å². The van der Waals surface area contributed by atoms with Crippen molar-refractivity contribution in [3.05, 3.63) is 70.5 Å². The van der Waals surface area contributed by atoms with Gasteiger partial charge in [-0.1, -0.05) is 55.7 Å². The van der Waals surface area contributed by atoms with Crippen molar-refractivity contribution in [3.63, 3.8) is 0 Å². The van der Waals surface area contributed by atoms with Crippen LogP contribution in [0.1, 0.15) is 54.4 Å². The number of aromatic nitrogens is 1. The fourth-order valence-corrected chi connectivity index (χ4v) is 5.95. The van der Waals surface area contributed by atoms with Gasteiger partial charge in [0.05, 0.1) is 6.54 Å². The van der Waals surface area contributed by atoms with Crippen LogP contribution >= 0.6 is 11.3 Å². The second-order valence-electron chi connectivity index (χ2n) is 9.42. The zero-order valence-corrected chi connectivity index (χ0v) is 19.9. The van der Waals surface area contributed by atoms with Crippen LogP contribution in [0.25, 0.3) is 11.3 Å². The molecule has 5 rings (SSSR count). The number of amides is 2. The molecule has 172 valence electrons. The Balaban J connectivity index is 1.49. The number of benzene rings is 1. The molecule has 0 spiro atoms. The van der Waals surface area contributed by atoms with Gasteiger partial charge < -0.3 is 14.8 Å². The van der Waals surface area contributed by atoms with E-state index < -0.39 is 5.54 Å². The summed E-state index contributed by atoms with van der Waals surface area (Å²) in [5, 5.41) is 5.37. The molecule has 3 aromatic rings. The Labute approximate surface area is 199 Å². The Morgan fingerprint density at radius 2 is 1.79 bits per heavy atom. The molecule has 0 saturated heterocycles. The standard InChI is InChI=1S/C27H31N3O2S/c1-27(26(32)28-21-11-6-3-7-12-21)19-29-23(20-9-4-2-5-10-20)14-15-24(29)25(31)30(27)17-16-22-13-8-18-33-22/h2,4-5,8-10,13-15,18,21H,3,6-7,11-12,16-17,19H2,1H3,(H,28,32)/t27-/m0/s1. The van der Waals surface area contributed by atoms with Crippen molar-refractivity contribution in [1.29, 1.82) is 0 Å². The molecule has 1 N–H and O–H groups in total. The number of hydrogen-bond acceptors (Lipinski definition) is 3. The lowest BCUT2D eigenvalue weighted by Gasteiger charge is -2.45. The van der Waals surface area contributed by atoms with E-state index in [1.54, 1.807) is 11.3 Å². The number of rotatable bonds is 6. The Bertz CT molecular complexity index is 1120. The number of carbonyl (C=O) groups excluding carboxylic acids is 2. The second-order valence-corrected chi connectivity index (χ2v) is 10.5. The van der Waals surface area contributed by atoms with Gasteiger partial charge in [0.2, 0.25) is 5.91 Å². The lowest BCUT2D eigenvalue weighted by molar-refractivity contribution is -0.133. The molecule has 1 saturated carbocycles. The van der Waals surface area contributed by atoms with Gasteiger partial charge in [0, 0.05) is 23.2 Å². The SMILES string of the molecule is C[C@@]1(C(=O)NC2CCCCC2)Cn2c(ccc2-c2ccccc2)C(=O)N1CCc1cccs1. The zero-order valence-electron chi connectivity index (χ0n) is 19.1. The normalized spacial score (nSPS) is 21.1. The van der Waals surface area contributed by atoms with E-state index in [-0.39, 0.29) is 17.9 Å². The summed E-state index contributed by atoms with van der Waals surface area (Å²) in [4.78, 5) is 30.6. The lowest BCUT2D eigenvalue weighted by Crippen LogP contribution is -2.65. The third-order valence-corrected chi connectivity index (χ3v) is 8.10. The molecule has 1 atom stereocenters. The summed E-state index contributed by atoms with van der Waals surface area (Å²) in [5.74, 6) is -0.103. The fraction of sp³-hybridized carbons (Fsp3) is 0.407. The molecule has 6 heteroatoms. The highest BCUT2D eigenvalue weighted by atomic mass is 32.1. The molecule has 1 fully saturated rings. The second kappa shape index (κ2) is 9.18. The third kappa shape index (κ3) is 4.24. The summed E-state index contributed by atoms with van der Waals surface area (Å²) in [7, 11) is 0. The summed E-state index contributed by atoms with van der Waals surface area (Å²) in [6, 6.07) is 18.3. The summed E-state index contributed by atoms with van der Waals surface area (Å²) in [6.45, 7) is 2.92. The molecule has 2 aliphatic rings. The monoisotopic (exact) mass is 461 g/mol. The van der Waals surface area contributed by atoms with E-state index in [0.717, 1.165) is 43.4 Å². The number of hydrogen-bond donors (Lipinski definition) is 1. The molecule has 2 amide bonds. The zero-order chi connectivity index (χ0) is 22.8. The first-order valence-corrected chi connectivity index (χ1v) is 12.8. The highest BCUT2D eigenvalue weighted by Gasteiger charge is 2.48. The van der Waals surface area contributed by atoms with E-state index in [4.69, 9.17) is 0 Å². The topological polar surface area (TPSA) is 54.3 Å². The van der Waals surface area contributed by atoms with Crippen LogP contribution in [0.4, 0.5) is 0 Å². The fourth-order valence-electron chi connectivity index (χ4n) is 5.25. The van der Waals surface area contributed by atoms with Gasteiger partial charge in [0.15, 0.2) is 0 Å². The number of thiophene rings is 1. The quantitative estimate of drug-likeness (QED) is 0.554. The van der Waals surface area contributed by atoms with Crippen LogP contribution in [0.15, 0.2) is 60.0 Å². The minimum atomic E-state index is -0.943. The first kappa shape index (κ1) is 22.0. The predicted molar refractivity (Wildman–Crippen MR) is 132 cm³/mol. The Kier molecular flexibility index (Phi) is 6.11. The average Bonchev–Trinajstić information content (AvgIpc) is 3.50. The highest BCUT2D eigenvalue weighted by molar-refractivity contribution is 7.09. The van der Waals surface area contributed by atoms with E-state index in [1.165, 1.54) is 11.3 Å². The number of nitrogens with one attached hydrogen (secondary N) is 1. The number of fused-ring (bicyclic) bond motifs is 1. The molecule has 3 heterocycles. The van der Waals surface area contributed by atoms with Gasteiger partial charge in [-0.3, -0.25) is 9.59 Å². The van der Waals surface area contributed by atoms with Crippen molar-refractivity contribution in [1.82, 2.24) is 14.8 Å². The molecule has 0 radical (unpaired) electrons. The number of nitrogens with zero attached hydrogens (tertiary/aromatic N) is 2. The maximum Gasteiger partial charge on any atom is 0.271 e. The van der Waals surface area contributed by atoms with Gasteiger partial charge in [-0.2, -0.15) is 0 Å². The first-order chi connectivity index (χ1) is 16.1. The Morgan fingerprint density at radius 1 is 1.03 bits per heavy atom. The molecule has 0 unspecified atom stereocenters. The summed E-state index contributed by atoms with van der Waals surface area (Å²) < 4.78 is 2.04. The molecule has 1 aliphatic heterocycles. The average molecular weight is 462 g/mol. The van der Waals surface area contributed by atoms with E-state index in [9.17, 15) is 9.59 Å². The molecule has 1 aliphatic carbocycles. The predicted octanol–water partition coefficient (Wildman–Crippen LogP) is 5.12.